The number of esters is 7. The molecular weight excluding hydrogens is 2020 g/mol. The third-order valence-corrected chi connectivity index (χ3v) is 26.4. The van der Waals surface area contributed by atoms with Crippen LogP contribution in [0.15, 0.2) is 212 Å². The number of carboxylic acids is 4. The first-order valence-electron chi connectivity index (χ1n) is 50.0. The van der Waals surface area contributed by atoms with E-state index < -0.39 is 52.2 Å². The van der Waals surface area contributed by atoms with E-state index in [2.05, 4.69) is 126 Å². The lowest BCUT2D eigenvalue weighted by atomic mass is 9.96. The molecule has 3 aliphatic heterocycles. The molecule has 148 heavy (non-hydrogen) atoms. The van der Waals surface area contributed by atoms with Crippen LogP contribution in [0, 0.1) is 0 Å². The minimum absolute atomic E-state index is 0. The van der Waals surface area contributed by atoms with Gasteiger partial charge in [0.15, 0.2) is 0 Å². The lowest BCUT2D eigenvalue weighted by molar-refractivity contribution is -0.149. The molecule has 3 heterocycles. The Balaban J connectivity index is 0.000000623. The molecule has 822 valence electrons. The van der Waals surface area contributed by atoms with Gasteiger partial charge in [0, 0.05) is 136 Å². The van der Waals surface area contributed by atoms with Gasteiger partial charge in [-0.25, -0.2) is 0 Å². The SMILES string of the molecule is C.C.C.CC(CC(=O)OCc1ccccc1)N1CCN(C(C)CC(=O)OCc2ccccc2)CC(C)(N)C1.CCN(CC)C1(C)CN(C(C)CC(=O)O)CCN(C(C)CC(=O)O)C1.CCN(CC)C1(C)CN(C(C)CC(=O)OCc2ccccc2)CCN(C(C)CC(=O)OCc2ccccc2)C1.C[C@@H](Br)CC(=O)OCc1ccccc1.N[C@@H](CC(=O)OCc1ccccc1)C(=O)O.O=C(C[C@H](Br)C(=O)O)OCc1ccccc1. The number of nitrogens with zero attached hydrogens (tertiary/aromatic N) is 8. The normalized spacial score (nSPS) is 18.3. The zero-order valence-corrected chi connectivity index (χ0v) is 90.3. The zero-order valence-electron chi connectivity index (χ0n) is 87.2. The van der Waals surface area contributed by atoms with Crippen LogP contribution in [0.4, 0.5) is 0 Å². The molecule has 6 unspecified atom stereocenters. The maximum Gasteiger partial charge on any atom is 0.321 e. The number of rotatable bonds is 46. The Morgan fingerprint density at radius 2 is 0.480 bits per heavy atom. The van der Waals surface area contributed by atoms with E-state index in [1.807, 2.05) is 254 Å². The lowest BCUT2D eigenvalue weighted by Gasteiger charge is -2.45. The number of carboxylic acid groups (broad SMARTS) is 4. The molecule has 7 aromatic carbocycles. The summed E-state index contributed by atoms with van der Waals surface area (Å²) < 4.78 is 37.0. The summed E-state index contributed by atoms with van der Waals surface area (Å²) >= 11 is 6.17. The predicted molar refractivity (Wildman–Crippen MR) is 586 cm³/mol. The van der Waals surface area contributed by atoms with E-state index in [9.17, 15) is 52.7 Å². The summed E-state index contributed by atoms with van der Waals surface area (Å²) in [6.45, 7) is 44.2. The van der Waals surface area contributed by atoms with Gasteiger partial charge in [0.25, 0.3) is 0 Å². The fourth-order valence-electron chi connectivity index (χ4n) is 17.3. The average molecular weight is 2190 g/mol. The van der Waals surface area contributed by atoms with Crippen molar-refractivity contribution >= 4 is 97.5 Å². The van der Waals surface area contributed by atoms with Gasteiger partial charge < -0.3 is 65.1 Å². The van der Waals surface area contributed by atoms with Gasteiger partial charge in [0.05, 0.1) is 57.8 Å². The van der Waals surface area contributed by atoms with E-state index in [0.29, 0.717) is 65.0 Å². The van der Waals surface area contributed by atoms with E-state index >= 15 is 0 Å². The van der Waals surface area contributed by atoms with Crippen LogP contribution in [0.3, 0.4) is 0 Å². The Kier molecular flexibility index (Phi) is 64.7. The minimum Gasteiger partial charge on any atom is -0.481 e. The number of benzene rings is 7. The first kappa shape index (κ1) is 133. The highest BCUT2D eigenvalue weighted by molar-refractivity contribution is 9.10. The molecule has 3 saturated heterocycles. The topological polar surface area (TPSA) is 411 Å². The van der Waals surface area contributed by atoms with Gasteiger partial charge in [-0.3, -0.25) is 91.9 Å². The van der Waals surface area contributed by atoms with Gasteiger partial charge >= 0.3 is 65.7 Å². The maximum atomic E-state index is 12.7. The molecule has 8 N–H and O–H groups in total. The van der Waals surface area contributed by atoms with Crippen molar-refractivity contribution in [1.29, 1.82) is 0 Å². The molecular formula is C114H170Br2N10O22. The summed E-state index contributed by atoms with van der Waals surface area (Å²) in [4.78, 5) is 145. The van der Waals surface area contributed by atoms with Crippen LogP contribution in [-0.2, 0) is 132 Å². The van der Waals surface area contributed by atoms with Crippen LogP contribution in [0.2, 0.25) is 0 Å². The van der Waals surface area contributed by atoms with Crippen molar-refractivity contribution in [1.82, 2.24) is 39.2 Å². The van der Waals surface area contributed by atoms with Crippen molar-refractivity contribution in [3.05, 3.63) is 251 Å². The molecule has 32 nitrogen and oxygen atoms in total. The van der Waals surface area contributed by atoms with Gasteiger partial charge in [0.1, 0.15) is 57.1 Å². The molecule has 0 amide bonds. The van der Waals surface area contributed by atoms with Crippen LogP contribution >= 0.6 is 31.9 Å². The second-order valence-corrected chi connectivity index (χ2v) is 40.8. The molecule has 10 rings (SSSR count). The highest BCUT2D eigenvalue weighted by atomic mass is 79.9. The van der Waals surface area contributed by atoms with Crippen LogP contribution < -0.4 is 11.5 Å². The van der Waals surface area contributed by atoms with E-state index in [4.69, 9.17) is 65.1 Å². The quantitative estimate of drug-likeness (QED) is 0.0117. The van der Waals surface area contributed by atoms with Gasteiger partial charge in [-0.2, -0.15) is 0 Å². The molecule has 0 aromatic heterocycles. The van der Waals surface area contributed by atoms with E-state index in [-0.39, 0.29) is 156 Å². The Labute approximate surface area is 896 Å². The lowest BCUT2D eigenvalue weighted by Crippen LogP contribution is -2.58. The van der Waals surface area contributed by atoms with Crippen LogP contribution in [0.1, 0.15) is 216 Å². The summed E-state index contributed by atoms with van der Waals surface area (Å²) in [5.41, 5.74) is 17.8. The number of carbonyl (C=O) groups excluding carboxylic acids is 7. The average Bonchev–Trinajstić information content (AvgIpc) is 1.65. The fraction of sp³-hybridized carbons (Fsp3) is 0.535. The molecule has 7 aromatic rings. The molecule has 0 radical (unpaired) electrons. The van der Waals surface area contributed by atoms with Crippen molar-refractivity contribution in [3.63, 3.8) is 0 Å². The second kappa shape index (κ2) is 71.9. The summed E-state index contributed by atoms with van der Waals surface area (Å²) in [5.74, 6) is -5.93. The molecule has 0 spiro atoms. The molecule has 3 aliphatic rings. The van der Waals surface area contributed by atoms with Crippen LogP contribution in [0.5, 0.6) is 0 Å². The van der Waals surface area contributed by atoms with Crippen molar-refractivity contribution < 1.29 is 106 Å². The second-order valence-electron chi connectivity index (χ2n) is 38.1. The number of alkyl halides is 2. The highest BCUT2D eigenvalue weighted by Crippen LogP contribution is 2.30. The standard InChI is InChI=1S/C32H47N3O4.C28H39N3O4.C18H35N3O4.C11H11BrO4.C11H13BrO2.C11H13NO4.3CH4/c1-6-35(7-2)32(5)24-33(26(3)20-30(36)38-22-28-14-10-8-11-15-28)18-19-34(25-32)27(4)21-31(37)39-23-29-16-12-9-13-17-29;1-22(16-26(32)34-18-24-10-6-4-7-11-24)30-14-15-31(21-28(3,29)20-30)23(2)17-27(33)35-19-25-12-8-5-9-13-25;1-6-21(7-2)18(5)12-19(14(3)10-16(22)23)8-9-20(13-18)15(4)11-17(24)25;12-9(11(14)15)6-10(13)16-7-8-4-2-1-3-5-8;1-9(12)7-11(13)14-8-10-5-3-2-4-6-10;12-9(11(14)15)6-10(13)16-7-8-4-2-1-3-5-8;;;/h8-17,26-27H,6-7,18-25H2,1-5H3;4-13,22-23H,14-21,29H2,1-3H3;14-15H,6-13H2,1-5H3,(H,22,23)(H,24,25);1-5,9H,6-7H2,(H,14,15);2-6,9H,7-8H2,1H3;1-5,9H,6-7,12H2,(H,14,15);3*1H4/t;;;3*9-;;;/m...010.../s1. The Hall–Kier alpha value is -10.7. The number of carbonyl (C=O) groups is 11. The van der Waals surface area contributed by atoms with Crippen molar-refractivity contribution in [3.8, 4) is 0 Å². The van der Waals surface area contributed by atoms with Gasteiger partial charge in [0.2, 0.25) is 0 Å². The number of nitrogens with two attached hydrogens (primary N) is 2. The van der Waals surface area contributed by atoms with Crippen LogP contribution in [-0.4, -0.2) is 299 Å². The minimum atomic E-state index is -1.21. The van der Waals surface area contributed by atoms with Gasteiger partial charge in [-0.1, -0.05) is 301 Å². The summed E-state index contributed by atoms with van der Waals surface area (Å²) in [7, 11) is 0. The number of halogens is 2. The Morgan fingerprint density at radius 1 is 0.297 bits per heavy atom. The maximum absolute atomic E-state index is 12.7. The molecule has 34 heteroatoms. The summed E-state index contributed by atoms with van der Waals surface area (Å²) in [6.07, 6.45) is 1.48. The monoisotopic (exact) mass is 2190 g/mol. The molecule has 3 fully saturated rings. The molecule has 0 saturated carbocycles. The molecule has 0 aliphatic carbocycles. The fourth-order valence-corrected chi connectivity index (χ4v) is 17.8. The summed E-state index contributed by atoms with van der Waals surface area (Å²) in [6, 6.07) is 65.8. The predicted octanol–water partition coefficient (Wildman–Crippen LogP) is 16.9. The third kappa shape index (κ3) is 53.6. The molecule has 0 bridgehead atoms. The number of aliphatic carboxylic acids is 4. The van der Waals surface area contributed by atoms with E-state index in [1.54, 1.807) is 0 Å². The number of hydrogen-bond acceptors (Lipinski definition) is 28. The van der Waals surface area contributed by atoms with E-state index in [0.717, 1.165) is 131 Å². The Bertz CT molecular complexity index is 4680. The van der Waals surface area contributed by atoms with Crippen molar-refractivity contribution in [2.24, 2.45) is 11.5 Å². The van der Waals surface area contributed by atoms with Gasteiger partial charge in [-0.15, -0.1) is 0 Å². The largest absolute Gasteiger partial charge is 0.481 e. The first-order chi connectivity index (χ1) is 68.9. The van der Waals surface area contributed by atoms with Gasteiger partial charge in [-0.05, 0) is 127 Å². The third-order valence-electron chi connectivity index (χ3n) is 25.4. The smallest absolute Gasteiger partial charge is 0.321 e. The number of hydrogen-bond donors (Lipinski definition) is 6. The first-order valence-corrected chi connectivity index (χ1v) is 51.8. The van der Waals surface area contributed by atoms with Crippen molar-refractivity contribution in [2.75, 3.05) is 105 Å². The molecule has 9 atom stereocenters. The highest BCUT2D eigenvalue weighted by Gasteiger charge is 2.43. The summed E-state index contributed by atoms with van der Waals surface area (Å²) in [5, 5.41) is 35.3. The number of ether oxygens (including phenoxy) is 7. The van der Waals surface area contributed by atoms with Crippen molar-refractivity contribution in [2.45, 2.75) is 292 Å². The zero-order chi connectivity index (χ0) is 107. The number of likely N-dealkylation sites (N-methyl/N-ethyl adjacent to an activating group) is 2. The Morgan fingerprint density at radius 3 is 0.662 bits per heavy atom. The van der Waals surface area contributed by atoms with Crippen LogP contribution in [0.25, 0.3) is 0 Å². The van der Waals surface area contributed by atoms with E-state index in [1.165, 1.54) is 0 Å².